The van der Waals surface area contributed by atoms with Gasteiger partial charge in [-0.3, -0.25) is 4.79 Å². The Morgan fingerprint density at radius 1 is 1.11 bits per heavy atom. The Labute approximate surface area is 208 Å². The summed E-state index contributed by atoms with van der Waals surface area (Å²) in [6.07, 6.45) is 1.43. The number of urea groups is 1. The average Bonchev–Trinajstić information content (AvgIpc) is 2.85. The van der Waals surface area contributed by atoms with Crippen LogP contribution in [-0.4, -0.2) is 62.1 Å². The lowest BCUT2D eigenvalue weighted by Gasteiger charge is -2.52. The summed E-state index contributed by atoms with van der Waals surface area (Å²) in [6.45, 7) is 4.12. The van der Waals surface area contributed by atoms with Crippen LogP contribution in [0.4, 0.5) is 29.3 Å². The molecule has 10 heteroatoms. The van der Waals surface area contributed by atoms with Crippen molar-refractivity contribution in [2.24, 2.45) is 0 Å². The highest BCUT2D eigenvalue weighted by Gasteiger charge is 2.46. The minimum Gasteiger partial charge on any atom is -0.383 e. The van der Waals surface area contributed by atoms with E-state index in [0.717, 1.165) is 11.8 Å². The van der Waals surface area contributed by atoms with Gasteiger partial charge in [0.25, 0.3) is 0 Å². The summed E-state index contributed by atoms with van der Waals surface area (Å²) in [4.78, 5) is 29.5. The van der Waals surface area contributed by atoms with E-state index >= 15 is 0 Å². The largest absolute Gasteiger partial charge is 0.383 e. The van der Waals surface area contributed by atoms with Gasteiger partial charge in [0.15, 0.2) is 5.78 Å². The molecule has 0 bridgehead atoms. The van der Waals surface area contributed by atoms with Gasteiger partial charge in [-0.25, -0.2) is 18.0 Å². The van der Waals surface area contributed by atoms with Crippen molar-refractivity contribution in [2.45, 2.75) is 38.3 Å². The Morgan fingerprint density at radius 3 is 2.56 bits per heavy atom. The van der Waals surface area contributed by atoms with E-state index < -0.39 is 23.0 Å². The van der Waals surface area contributed by atoms with Crippen LogP contribution in [-0.2, 0) is 11.3 Å². The summed E-state index contributed by atoms with van der Waals surface area (Å²) in [5.74, 6) is -1.98. The summed E-state index contributed by atoms with van der Waals surface area (Å²) in [5.41, 5.74) is 1.01. The molecule has 0 aromatic heterocycles. The first-order valence-electron chi connectivity index (χ1n) is 12.1. The lowest BCUT2D eigenvalue weighted by atomic mass is 9.76. The number of halogens is 3. The van der Waals surface area contributed by atoms with E-state index in [1.165, 1.54) is 25.3 Å². The highest BCUT2D eigenvalue weighted by atomic mass is 19.1. The van der Waals surface area contributed by atoms with Crippen molar-refractivity contribution < 1.29 is 27.5 Å². The lowest BCUT2D eigenvalue weighted by molar-refractivity contribution is 0.0885. The molecule has 1 saturated heterocycles. The number of carbonyl (C=O) groups is 2. The first-order valence-corrected chi connectivity index (χ1v) is 12.1. The monoisotopic (exact) mass is 504 g/mol. The molecule has 2 N–H and O–H groups in total. The molecular formula is C26H31F3N4O3. The predicted molar refractivity (Wildman–Crippen MR) is 131 cm³/mol. The maximum Gasteiger partial charge on any atom is 0.317 e. The Bertz CT molecular complexity index is 1140. The van der Waals surface area contributed by atoms with E-state index in [0.29, 0.717) is 51.2 Å². The van der Waals surface area contributed by atoms with Gasteiger partial charge in [0, 0.05) is 69.1 Å². The third-order valence-electron chi connectivity index (χ3n) is 7.10. The Morgan fingerprint density at radius 2 is 1.86 bits per heavy atom. The SMILES string of the molecule is CCN1c2ccc(F)cc2C(=O)CC12CCN(C(=O)NCc1cc(NCCOC)c(F)cc1F)CC2. The molecule has 0 atom stereocenters. The molecule has 2 aliphatic heterocycles. The van der Waals surface area contributed by atoms with E-state index in [4.69, 9.17) is 4.74 Å². The molecule has 36 heavy (non-hydrogen) atoms. The Balaban J connectivity index is 1.39. The number of rotatable bonds is 7. The molecule has 1 fully saturated rings. The Kier molecular flexibility index (Phi) is 7.73. The average molecular weight is 505 g/mol. The zero-order valence-electron chi connectivity index (χ0n) is 20.5. The smallest absolute Gasteiger partial charge is 0.317 e. The van der Waals surface area contributed by atoms with Crippen molar-refractivity contribution in [3.8, 4) is 0 Å². The number of benzene rings is 2. The molecule has 2 amide bonds. The minimum atomic E-state index is -0.739. The van der Waals surface area contributed by atoms with Gasteiger partial charge in [0.1, 0.15) is 17.5 Å². The van der Waals surface area contributed by atoms with Crippen molar-refractivity contribution >= 4 is 23.2 Å². The van der Waals surface area contributed by atoms with Crippen molar-refractivity contribution in [1.82, 2.24) is 10.2 Å². The first kappa shape index (κ1) is 25.8. The molecule has 2 aliphatic rings. The van der Waals surface area contributed by atoms with E-state index in [1.54, 1.807) is 11.0 Å². The summed E-state index contributed by atoms with van der Waals surface area (Å²) in [7, 11) is 1.53. The second kappa shape index (κ2) is 10.8. The number of methoxy groups -OCH3 is 1. The van der Waals surface area contributed by atoms with E-state index in [1.807, 2.05) is 6.92 Å². The van der Waals surface area contributed by atoms with Gasteiger partial charge in [-0.2, -0.15) is 0 Å². The Hall–Kier alpha value is -3.27. The van der Waals surface area contributed by atoms with Gasteiger partial charge >= 0.3 is 6.03 Å². The van der Waals surface area contributed by atoms with E-state index in [-0.39, 0.29) is 36.0 Å². The maximum atomic E-state index is 14.3. The molecule has 0 unspecified atom stereocenters. The van der Waals surface area contributed by atoms with Crippen molar-refractivity contribution in [1.29, 1.82) is 0 Å². The molecule has 0 aliphatic carbocycles. The number of Topliss-reactive ketones (excluding diaryl/α,β-unsaturated/α-hetero) is 1. The van der Waals surface area contributed by atoms with Crippen LogP contribution in [0.25, 0.3) is 0 Å². The highest BCUT2D eigenvalue weighted by Crippen LogP contribution is 2.42. The molecule has 2 heterocycles. The molecule has 2 aromatic carbocycles. The van der Waals surface area contributed by atoms with Gasteiger partial charge in [-0.1, -0.05) is 0 Å². The standard InChI is InChI=1S/C26H31F3N4O3/c1-3-33-23-5-4-18(27)13-19(23)24(34)15-26(33)6-9-32(10-7-26)25(35)31-16-17-12-22(30-8-11-36-2)21(29)14-20(17)28/h4-5,12-14,30H,3,6-11,15-16H2,1-2H3,(H,31,35). The number of hydrogen-bond donors (Lipinski definition) is 2. The van der Waals surface area contributed by atoms with Gasteiger partial charge in [-0.15, -0.1) is 0 Å². The summed E-state index contributed by atoms with van der Waals surface area (Å²) in [6, 6.07) is 6.10. The zero-order chi connectivity index (χ0) is 25.9. The fraction of sp³-hybridized carbons (Fsp3) is 0.462. The second-order valence-corrected chi connectivity index (χ2v) is 9.22. The molecule has 194 valence electrons. The summed E-state index contributed by atoms with van der Waals surface area (Å²) in [5, 5.41) is 5.57. The normalized spacial score (nSPS) is 16.8. The number of nitrogens with one attached hydrogen (secondary N) is 2. The summed E-state index contributed by atoms with van der Waals surface area (Å²) < 4.78 is 47.0. The minimum absolute atomic E-state index is 0.0891. The number of hydrogen-bond acceptors (Lipinski definition) is 5. The number of anilines is 2. The fourth-order valence-electron chi connectivity index (χ4n) is 5.23. The molecule has 4 rings (SSSR count). The number of piperidine rings is 1. The van der Waals surface area contributed by atoms with Crippen molar-refractivity contribution in [3.05, 3.63) is 58.9 Å². The molecule has 1 spiro atoms. The fourth-order valence-corrected chi connectivity index (χ4v) is 5.23. The number of likely N-dealkylation sites (tertiary alicyclic amines) is 1. The zero-order valence-corrected chi connectivity index (χ0v) is 20.5. The second-order valence-electron chi connectivity index (χ2n) is 9.22. The molecule has 7 nitrogen and oxygen atoms in total. The molecular weight excluding hydrogens is 473 g/mol. The lowest BCUT2D eigenvalue weighted by Crippen LogP contribution is -2.60. The van der Waals surface area contributed by atoms with Crippen LogP contribution in [0, 0.1) is 17.5 Å². The first-order chi connectivity index (χ1) is 17.3. The van der Waals surface area contributed by atoms with E-state index in [9.17, 15) is 22.8 Å². The topological polar surface area (TPSA) is 73.9 Å². The van der Waals surface area contributed by atoms with Crippen molar-refractivity contribution in [3.63, 3.8) is 0 Å². The van der Waals surface area contributed by atoms with Crippen LogP contribution >= 0.6 is 0 Å². The maximum absolute atomic E-state index is 14.3. The third-order valence-corrected chi connectivity index (χ3v) is 7.10. The van der Waals surface area contributed by atoms with Crippen LogP contribution in [0.2, 0.25) is 0 Å². The van der Waals surface area contributed by atoms with Crippen LogP contribution in [0.15, 0.2) is 30.3 Å². The number of amides is 2. The van der Waals surface area contributed by atoms with Gasteiger partial charge < -0.3 is 25.2 Å². The quantitative estimate of drug-likeness (QED) is 0.550. The van der Waals surface area contributed by atoms with Gasteiger partial charge in [0.2, 0.25) is 0 Å². The number of fused-ring (bicyclic) bond motifs is 1. The number of ether oxygens (including phenoxy) is 1. The molecule has 0 radical (unpaired) electrons. The number of nitrogens with zero attached hydrogens (tertiary/aromatic N) is 2. The van der Waals surface area contributed by atoms with Crippen LogP contribution in [0.1, 0.15) is 42.1 Å². The molecule has 0 saturated carbocycles. The predicted octanol–water partition coefficient (Wildman–Crippen LogP) is 4.32. The summed E-state index contributed by atoms with van der Waals surface area (Å²) >= 11 is 0. The van der Waals surface area contributed by atoms with Gasteiger partial charge in [-0.05, 0) is 44.0 Å². The van der Waals surface area contributed by atoms with Crippen LogP contribution < -0.4 is 15.5 Å². The third kappa shape index (κ3) is 5.13. The van der Waals surface area contributed by atoms with Crippen molar-refractivity contribution in [2.75, 3.05) is 50.1 Å². The number of ketones is 1. The van der Waals surface area contributed by atoms with Crippen LogP contribution in [0.5, 0.6) is 0 Å². The van der Waals surface area contributed by atoms with Crippen LogP contribution in [0.3, 0.4) is 0 Å². The number of carbonyl (C=O) groups excluding carboxylic acids is 2. The molecule has 2 aromatic rings. The van der Waals surface area contributed by atoms with Gasteiger partial charge in [0.05, 0.1) is 17.8 Å². The highest BCUT2D eigenvalue weighted by molar-refractivity contribution is 6.04. The van der Waals surface area contributed by atoms with E-state index in [2.05, 4.69) is 15.5 Å².